The maximum atomic E-state index is 12.3. The first kappa shape index (κ1) is 16.4. The molecule has 1 saturated heterocycles. The molecule has 1 aliphatic heterocycles. The molecule has 0 bridgehead atoms. The van der Waals surface area contributed by atoms with Gasteiger partial charge in [0, 0.05) is 20.7 Å². The summed E-state index contributed by atoms with van der Waals surface area (Å²) < 4.78 is 14.4. The Kier molecular flexibility index (Phi) is 4.52. The van der Waals surface area contributed by atoms with Crippen molar-refractivity contribution in [3.63, 3.8) is 0 Å². The number of nitrogens with zero attached hydrogens (tertiary/aromatic N) is 4. The van der Waals surface area contributed by atoms with E-state index in [1.807, 2.05) is 0 Å². The van der Waals surface area contributed by atoms with Gasteiger partial charge in [-0.1, -0.05) is 0 Å². The summed E-state index contributed by atoms with van der Waals surface area (Å²) in [4.78, 5) is 40.3. The maximum Gasteiger partial charge on any atom is 0.332 e. The Hall–Kier alpha value is -2.42. The van der Waals surface area contributed by atoms with Gasteiger partial charge < -0.3 is 14.0 Å². The molecular weight excluding hydrogens is 316 g/mol. The molecule has 0 aliphatic carbocycles. The summed E-state index contributed by atoms with van der Waals surface area (Å²) in [6, 6.07) is 0. The summed E-state index contributed by atoms with van der Waals surface area (Å²) in [5, 5.41) is 0. The van der Waals surface area contributed by atoms with Crippen molar-refractivity contribution >= 4 is 17.1 Å². The molecule has 0 saturated carbocycles. The predicted octanol–water partition coefficient (Wildman–Crippen LogP) is -0.454. The number of rotatable bonds is 4. The Bertz CT molecular complexity index is 872. The van der Waals surface area contributed by atoms with E-state index in [4.69, 9.17) is 9.47 Å². The molecule has 1 fully saturated rings. The van der Waals surface area contributed by atoms with E-state index >= 15 is 0 Å². The largest absolute Gasteiger partial charge is 0.462 e. The molecule has 3 heterocycles. The number of carbonyl (C=O) groups excluding carboxylic acids is 1. The lowest BCUT2D eigenvalue weighted by molar-refractivity contribution is -0.149. The third-order valence-electron chi connectivity index (χ3n) is 4.22. The van der Waals surface area contributed by atoms with Gasteiger partial charge in [0.1, 0.15) is 13.2 Å². The van der Waals surface area contributed by atoms with Crippen molar-refractivity contribution in [3.8, 4) is 0 Å². The van der Waals surface area contributed by atoms with E-state index in [0.29, 0.717) is 6.61 Å². The normalized spacial score (nSPS) is 18.0. The average molecular weight is 336 g/mol. The van der Waals surface area contributed by atoms with Gasteiger partial charge in [-0.3, -0.25) is 18.7 Å². The fraction of sp³-hybridized carbons (Fsp3) is 0.600. The molecule has 0 spiro atoms. The zero-order valence-electron chi connectivity index (χ0n) is 13.7. The minimum atomic E-state index is -0.492. The zero-order chi connectivity index (χ0) is 17.3. The lowest BCUT2D eigenvalue weighted by atomic mass is 10.1. The highest BCUT2D eigenvalue weighted by atomic mass is 16.6. The van der Waals surface area contributed by atoms with Crippen LogP contribution in [-0.2, 0) is 34.9 Å². The molecule has 1 atom stereocenters. The Balaban J connectivity index is 1.77. The molecule has 0 radical (unpaired) electrons. The summed E-state index contributed by atoms with van der Waals surface area (Å²) in [6.45, 7) is 0.761. The van der Waals surface area contributed by atoms with Crippen LogP contribution in [0.5, 0.6) is 0 Å². The standard InChI is InChI=1S/C15H20N4O5/c1-17-13-12(14(21)18(2)15(17)22)19(9-16-13)7-11(20)24-8-10-5-3-4-6-23-10/h9-10H,3-8H2,1-2H3/t10-/m1/s1. The number of imidazole rings is 1. The van der Waals surface area contributed by atoms with E-state index in [1.165, 1.54) is 29.6 Å². The summed E-state index contributed by atoms with van der Waals surface area (Å²) in [7, 11) is 2.92. The first-order valence-electron chi connectivity index (χ1n) is 7.87. The first-order valence-corrected chi connectivity index (χ1v) is 7.87. The molecule has 0 aromatic carbocycles. The zero-order valence-corrected chi connectivity index (χ0v) is 13.7. The second kappa shape index (κ2) is 6.60. The van der Waals surface area contributed by atoms with Gasteiger partial charge in [0.05, 0.1) is 12.4 Å². The van der Waals surface area contributed by atoms with E-state index in [-0.39, 0.29) is 30.4 Å². The quantitative estimate of drug-likeness (QED) is 0.701. The van der Waals surface area contributed by atoms with Crippen molar-refractivity contribution < 1.29 is 14.3 Å². The highest BCUT2D eigenvalue weighted by molar-refractivity contribution is 5.75. The molecule has 9 nitrogen and oxygen atoms in total. The highest BCUT2D eigenvalue weighted by Gasteiger charge is 2.19. The van der Waals surface area contributed by atoms with Gasteiger partial charge >= 0.3 is 11.7 Å². The number of aryl methyl sites for hydroxylation is 1. The number of esters is 1. The van der Waals surface area contributed by atoms with Crippen molar-refractivity contribution in [3.05, 3.63) is 27.2 Å². The van der Waals surface area contributed by atoms with Crippen molar-refractivity contribution in [1.29, 1.82) is 0 Å². The molecular formula is C15H20N4O5. The number of ether oxygens (including phenoxy) is 2. The van der Waals surface area contributed by atoms with Gasteiger partial charge in [0.15, 0.2) is 11.2 Å². The van der Waals surface area contributed by atoms with Crippen molar-refractivity contribution in [2.45, 2.75) is 31.9 Å². The fourth-order valence-corrected chi connectivity index (χ4v) is 2.83. The average Bonchev–Trinajstić information content (AvgIpc) is 3.01. The van der Waals surface area contributed by atoms with Crippen LogP contribution in [0.1, 0.15) is 19.3 Å². The second-order valence-electron chi connectivity index (χ2n) is 5.92. The number of hydrogen-bond donors (Lipinski definition) is 0. The third kappa shape index (κ3) is 2.99. The highest BCUT2D eigenvalue weighted by Crippen LogP contribution is 2.13. The van der Waals surface area contributed by atoms with Crippen molar-refractivity contribution in [2.24, 2.45) is 14.1 Å². The predicted molar refractivity (Wildman–Crippen MR) is 84.8 cm³/mol. The summed E-state index contributed by atoms with van der Waals surface area (Å²) in [5.41, 5.74) is -0.513. The SMILES string of the molecule is Cn1c(=O)c2c(ncn2CC(=O)OC[C@H]2CCCCO2)n(C)c1=O. The van der Waals surface area contributed by atoms with Crippen LogP contribution in [0.4, 0.5) is 0 Å². The second-order valence-corrected chi connectivity index (χ2v) is 5.92. The molecule has 0 amide bonds. The number of fused-ring (bicyclic) bond motifs is 1. The molecule has 3 rings (SSSR count). The lowest BCUT2D eigenvalue weighted by Crippen LogP contribution is -2.37. The molecule has 24 heavy (non-hydrogen) atoms. The fourth-order valence-electron chi connectivity index (χ4n) is 2.83. The van der Waals surface area contributed by atoms with E-state index in [9.17, 15) is 14.4 Å². The molecule has 9 heteroatoms. The minimum Gasteiger partial charge on any atom is -0.462 e. The molecule has 2 aromatic heterocycles. The van der Waals surface area contributed by atoms with E-state index in [2.05, 4.69) is 4.98 Å². The summed E-state index contributed by atoms with van der Waals surface area (Å²) in [6.07, 6.45) is 4.29. The van der Waals surface area contributed by atoms with E-state index in [0.717, 1.165) is 23.8 Å². The van der Waals surface area contributed by atoms with Gasteiger partial charge in [-0.05, 0) is 19.3 Å². The van der Waals surface area contributed by atoms with Gasteiger partial charge in [-0.15, -0.1) is 0 Å². The number of aromatic nitrogens is 4. The number of hydrogen-bond acceptors (Lipinski definition) is 6. The van der Waals surface area contributed by atoms with Crippen LogP contribution in [-0.4, -0.2) is 44.0 Å². The molecule has 0 unspecified atom stereocenters. The van der Waals surface area contributed by atoms with Gasteiger partial charge in [-0.25, -0.2) is 9.78 Å². The summed E-state index contributed by atoms with van der Waals surface area (Å²) in [5.74, 6) is -0.473. The third-order valence-corrected chi connectivity index (χ3v) is 4.22. The minimum absolute atomic E-state index is 0.0593. The van der Waals surface area contributed by atoms with E-state index < -0.39 is 17.2 Å². The topological polar surface area (TPSA) is 97.3 Å². The molecule has 130 valence electrons. The maximum absolute atomic E-state index is 12.3. The Morgan fingerprint density at radius 3 is 2.83 bits per heavy atom. The van der Waals surface area contributed by atoms with Gasteiger partial charge in [0.2, 0.25) is 0 Å². The van der Waals surface area contributed by atoms with Crippen molar-refractivity contribution in [2.75, 3.05) is 13.2 Å². The van der Waals surface area contributed by atoms with Crippen LogP contribution in [0.25, 0.3) is 11.2 Å². The van der Waals surface area contributed by atoms with Crippen LogP contribution in [0.3, 0.4) is 0 Å². The Labute approximate surface area is 137 Å². The smallest absolute Gasteiger partial charge is 0.332 e. The number of carbonyl (C=O) groups is 1. The van der Waals surface area contributed by atoms with Crippen LogP contribution < -0.4 is 11.2 Å². The van der Waals surface area contributed by atoms with Gasteiger partial charge in [0.25, 0.3) is 5.56 Å². The van der Waals surface area contributed by atoms with Crippen LogP contribution in [0.2, 0.25) is 0 Å². The van der Waals surface area contributed by atoms with E-state index in [1.54, 1.807) is 0 Å². The molecule has 2 aromatic rings. The Morgan fingerprint density at radius 1 is 1.33 bits per heavy atom. The van der Waals surface area contributed by atoms with Crippen LogP contribution in [0.15, 0.2) is 15.9 Å². The monoisotopic (exact) mass is 336 g/mol. The molecule has 1 aliphatic rings. The molecule has 0 N–H and O–H groups in total. The Morgan fingerprint density at radius 2 is 2.12 bits per heavy atom. The van der Waals surface area contributed by atoms with Crippen molar-refractivity contribution in [1.82, 2.24) is 18.7 Å². The lowest BCUT2D eigenvalue weighted by Gasteiger charge is -2.22. The first-order chi connectivity index (χ1) is 11.5. The van der Waals surface area contributed by atoms with Gasteiger partial charge in [-0.2, -0.15) is 0 Å². The van der Waals surface area contributed by atoms with Crippen LogP contribution >= 0.6 is 0 Å². The van der Waals surface area contributed by atoms with Crippen LogP contribution in [0, 0.1) is 0 Å². The summed E-state index contributed by atoms with van der Waals surface area (Å²) >= 11 is 0.